The van der Waals surface area contributed by atoms with Crippen LogP contribution in [0.3, 0.4) is 0 Å². The number of anilines is 1. The normalized spacial score (nSPS) is 21.4. The Morgan fingerprint density at radius 2 is 1.90 bits per heavy atom. The largest absolute Gasteiger partial charge is 0.481 e. The minimum absolute atomic E-state index is 0.238. The molecule has 3 aliphatic heterocycles. The lowest BCUT2D eigenvalue weighted by Gasteiger charge is -2.31. The van der Waals surface area contributed by atoms with Gasteiger partial charge >= 0.3 is 5.97 Å². The zero-order valence-electron chi connectivity index (χ0n) is 21.5. The van der Waals surface area contributed by atoms with Crippen LogP contribution in [0.25, 0.3) is 11.3 Å². The highest BCUT2D eigenvalue weighted by Gasteiger charge is 2.38. The lowest BCUT2D eigenvalue weighted by Crippen LogP contribution is -2.43. The minimum atomic E-state index is -0.721. The number of benzene rings is 1. The lowest BCUT2D eigenvalue weighted by atomic mass is 9.93. The SMILES string of the molecule is O=C(O)CC1CCN(Cc2cc(Oc3ccc(N4C[C@@H]5C[C@H]4CN5)nc3)nc(-c3cc(Cl)cc(Cl)c3)c2)CC1. The fourth-order valence-electron chi connectivity index (χ4n) is 5.97. The van der Waals surface area contributed by atoms with E-state index in [4.69, 9.17) is 38.0 Å². The van der Waals surface area contributed by atoms with Crippen molar-refractivity contribution in [3.05, 3.63) is 64.3 Å². The van der Waals surface area contributed by atoms with Gasteiger partial charge in [-0.3, -0.25) is 9.69 Å². The first-order valence-electron chi connectivity index (χ1n) is 13.4. The Kier molecular flexibility index (Phi) is 7.62. The van der Waals surface area contributed by atoms with Crippen LogP contribution in [0.15, 0.2) is 48.7 Å². The molecule has 0 saturated carbocycles. The molecule has 0 unspecified atom stereocenters. The summed E-state index contributed by atoms with van der Waals surface area (Å²) < 4.78 is 6.22. The maximum Gasteiger partial charge on any atom is 0.303 e. The van der Waals surface area contributed by atoms with Gasteiger partial charge in [0.15, 0.2) is 0 Å². The number of fused-ring (bicyclic) bond motifs is 2. The molecule has 2 aromatic heterocycles. The number of hydrogen-bond donors (Lipinski definition) is 2. The number of pyridine rings is 2. The number of nitrogens with zero attached hydrogens (tertiary/aromatic N) is 4. The second-order valence-corrected chi connectivity index (χ2v) is 11.6. The average Bonchev–Trinajstić information content (AvgIpc) is 3.54. The molecule has 10 heteroatoms. The van der Waals surface area contributed by atoms with Crippen molar-refractivity contribution >= 4 is 35.0 Å². The van der Waals surface area contributed by atoms with E-state index in [1.807, 2.05) is 36.4 Å². The zero-order valence-corrected chi connectivity index (χ0v) is 23.0. The van der Waals surface area contributed by atoms with Gasteiger partial charge in [0.2, 0.25) is 5.88 Å². The number of likely N-dealkylation sites (tertiary alicyclic amines) is 1. The number of ether oxygens (including phenoxy) is 1. The number of carboxylic acid groups (broad SMARTS) is 1. The van der Waals surface area contributed by atoms with Crippen molar-refractivity contribution in [2.75, 3.05) is 31.1 Å². The molecule has 39 heavy (non-hydrogen) atoms. The number of nitrogens with one attached hydrogen (secondary N) is 1. The first kappa shape index (κ1) is 26.3. The number of piperazine rings is 1. The van der Waals surface area contributed by atoms with Crippen LogP contribution < -0.4 is 15.0 Å². The number of hydrogen-bond acceptors (Lipinski definition) is 7. The molecule has 3 aromatic rings. The van der Waals surface area contributed by atoms with Crippen molar-refractivity contribution in [3.8, 4) is 22.9 Å². The van der Waals surface area contributed by atoms with Gasteiger partial charge in [0.05, 0.1) is 11.9 Å². The average molecular weight is 569 g/mol. The summed E-state index contributed by atoms with van der Waals surface area (Å²) in [6.45, 7) is 4.42. The Hall–Kier alpha value is -2.91. The first-order chi connectivity index (χ1) is 18.9. The Morgan fingerprint density at radius 1 is 1.10 bits per heavy atom. The van der Waals surface area contributed by atoms with Crippen molar-refractivity contribution in [3.63, 3.8) is 0 Å². The van der Waals surface area contributed by atoms with Crippen LogP contribution in [-0.4, -0.2) is 64.2 Å². The fourth-order valence-corrected chi connectivity index (χ4v) is 6.50. The number of aliphatic carboxylic acids is 1. The van der Waals surface area contributed by atoms with Crippen molar-refractivity contribution in [2.24, 2.45) is 5.92 Å². The monoisotopic (exact) mass is 567 g/mol. The van der Waals surface area contributed by atoms with Crippen molar-refractivity contribution < 1.29 is 14.6 Å². The summed E-state index contributed by atoms with van der Waals surface area (Å²) in [7, 11) is 0. The van der Waals surface area contributed by atoms with Crippen LogP contribution >= 0.6 is 23.2 Å². The molecule has 6 rings (SSSR count). The minimum Gasteiger partial charge on any atom is -0.481 e. The molecule has 2 bridgehead atoms. The van der Waals surface area contributed by atoms with E-state index in [-0.39, 0.29) is 12.3 Å². The molecular formula is C29H31Cl2N5O3. The number of rotatable bonds is 8. The molecule has 204 valence electrons. The van der Waals surface area contributed by atoms with E-state index in [2.05, 4.69) is 20.1 Å². The van der Waals surface area contributed by atoms with Crippen LogP contribution in [0, 0.1) is 5.92 Å². The Morgan fingerprint density at radius 3 is 2.54 bits per heavy atom. The third kappa shape index (κ3) is 6.30. The topological polar surface area (TPSA) is 90.8 Å². The molecule has 1 aromatic carbocycles. The van der Waals surface area contributed by atoms with Crippen molar-refractivity contribution in [1.29, 1.82) is 0 Å². The summed E-state index contributed by atoms with van der Waals surface area (Å²) >= 11 is 12.6. The van der Waals surface area contributed by atoms with Gasteiger partial charge in [0.25, 0.3) is 0 Å². The summed E-state index contributed by atoms with van der Waals surface area (Å²) in [6, 6.07) is 14.4. The molecule has 0 amide bonds. The van der Waals surface area contributed by atoms with Crippen molar-refractivity contribution in [1.82, 2.24) is 20.2 Å². The highest BCUT2D eigenvalue weighted by atomic mass is 35.5. The fraction of sp³-hybridized carbons (Fsp3) is 0.414. The van der Waals surface area contributed by atoms with Crippen molar-refractivity contribution in [2.45, 2.75) is 44.3 Å². The van der Waals surface area contributed by atoms with E-state index in [1.165, 1.54) is 6.42 Å². The Balaban J connectivity index is 1.21. The molecule has 0 aliphatic carbocycles. The van der Waals surface area contributed by atoms with Crippen LogP contribution in [0.4, 0.5) is 5.82 Å². The maximum atomic E-state index is 11.1. The van der Waals surface area contributed by atoms with Gasteiger partial charge in [-0.25, -0.2) is 9.97 Å². The number of carboxylic acids is 1. The molecule has 8 nitrogen and oxygen atoms in total. The summed E-state index contributed by atoms with van der Waals surface area (Å²) in [4.78, 5) is 25.3. The van der Waals surface area contributed by atoms with E-state index in [0.717, 1.165) is 61.7 Å². The molecule has 2 atom stereocenters. The molecule has 0 radical (unpaired) electrons. The second-order valence-electron chi connectivity index (χ2n) is 10.8. The van der Waals surface area contributed by atoms with Gasteiger partial charge in [0, 0.05) is 59.8 Å². The quantitative estimate of drug-likeness (QED) is 0.369. The predicted molar refractivity (Wildman–Crippen MR) is 152 cm³/mol. The highest BCUT2D eigenvalue weighted by Crippen LogP contribution is 2.32. The smallest absolute Gasteiger partial charge is 0.303 e. The van der Waals surface area contributed by atoms with E-state index in [0.29, 0.717) is 40.3 Å². The van der Waals surface area contributed by atoms with Gasteiger partial charge in [-0.1, -0.05) is 23.2 Å². The lowest BCUT2D eigenvalue weighted by molar-refractivity contribution is -0.138. The second kappa shape index (κ2) is 11.3. The maximum absolute atomic E-state index is 11.1. The van der Waals surface area contributed by atoms with E-state index in [9.17, 15) is 4.79 Å². The molecular weight excluding hydrogens is 537 g/mol. The number of piperidine rings is 1. The van der Waals surface area contributed by atoms with E-state index >= 15 is 0 Å². The third-order valence-electron chi connectivity index (χ3n) is 7.89. The van der Waals surface area contributed by atoms with Gasteiger partial charge in [0.1, 0.15) is 11.6 Å². The molecule has 3 fully saturated rings. The third-order valence-corrected chi connectivity index (χ3v) is 8.33. The summed E-state index contributed by atoms with van der Waals surface area (Å²) in [5, 5.41) is 13.7. The Bertz CT molecular complexity index is 1330. The predicted octanol–water partition coefficient (Wildman–Crippen LogP) is 5.48. The number of halogens is 2. The summed E-state index contributed by atoms with van der Waals surface area (Å²) in [5.74, 6) is 1.58. The zero-order chi connectivity index (χ0) is 26.9. The van der Waals surface area contributed by atoms with Crippen LogP contribution in [0.5, 0.6) is 11.6 Å². The van der Waals surface area contributed by atoms with Crippen LogP contribution in [0.2, 0.25) is 10.0 Å². The molecule has 0 spiro atoms. The number of aromatic nitrogens is 2. The molecule has 3 saturated heterocycles. The number of carbonyl (C=O) groups is 1. The van der Waals surface area contributed by atoms with E-state index < -0.39 is 5.97 Å². The van der Waals surface area contributed by atoms with Gasteiger partial charge in [-0.15, -0.1) is 0 Å². The van der Waals surface area contributed by atoms with Gasteiger partial charge in [-0.2, -0.15) is 0 Å². The van der Waals surface area contributed by atoms with Crippen LogP contribution in [0.1, 0.15) is 31.2 Å². The summed E-state index contributed by atoms with van der Waals surface area (Å²) in [6.07, 6.45) is 4.92. The molecule has 2 N–H and O–H groups in total. The molecule has 3 aliphatic rings. The highest BCUT2D eigenvalue weighted by molar-refractivity contribution is 6.35. The summed E-state index contributed by atoms with van der Waals surface area (Å²) in [5.41, 5.74) is 2.58. The van der Waals surface area contributed by atoms with E-state index in [1.54, 1.807) is 12.3 Å². The van der Waals surface area contributed by atoms with Crippen LogP contribution in [-0.2, 0) is 11.3 Å². The van der Waals surface area contributed by atoms with Gasteiger partial charge < -0.3 is 20.1 Å². The standard InChI is InChI=1S/C29H31Cl2N5O3/c30-21-10-20(11-22(31)12-21)26-7-19(16-35-5-3-18(4-6-35)9-29(37)38)8-28(34-26)39-25-1-2-27(33-15-25)36-17-23-13-24(36)14-32-23/h1-2,7-8,10-12,15,18,23-24,32H,3-6,9,13-14,16-17H2,(H,37,38)/t23-,24-/m0/s1. The van der Waals surface area contributed by atoms with Gasteiger partial charge in [-0.05, 0) is 80.2 Å². The first-order valence-corrected chi connectivity index (χ1v) is 14.2. The molecule has 5 heterocycles. The Labute approximate surface area is 237 Å².